The van der Waals surface area contributed by atoms with Crippen molar-refractivity contribution in [2.45, 2.75) is 70.8 Å². The van der Waals surface area contributed by atoms with Gasteiger partial charge in [-0.25, -0.2) is 4.18 Å². The van der Waals surface area contributed by atoms with Gasteiger partial charge in [0.15, 0.2) is 0 Å². The molecule has 0 bridgehead atoms. The molecule has 0 spiro atoms. The zero-order valence-corrected chi connectivity index (χ0v) is 54.8. The Balaban J connectivity index is 1.70. The molecule has 0 amide bonds. The van der Waals surface area contributed by atoms with Crippen molar-refractivity contribution in [3.05, 3.63) is 42.5 Å². The van der Waals surface area contributed by atoms with Gasteiger partial charge in [-0.15, -0.1) is 6.58 Å². The molecule has 1 rings (SSSR count). The standard InChI is InChI=1S/C62H116O26S/c1-3-5-6-7-8-9-10-11-60-12-14-61(15-13-60)88-62(16-18-66-17-4-2)59-86-56-55-84-52-51-82-48-47-80-44-43-78-40-39-76-36-35-74-32-31-72-28-27-70-24-23-68-20-19-67-21-22-69-25-26-71-29-30-73-33-34-75-37-38-77-41-42-79-45-46-81-49-50-83-53-54-85-57-58-87-89(63,64)65/h4,12-15,62H,2-3,5-11,16-59H2,1H3,(H,63,64,65). The molecule has 1 N–H and O–H groups in total. The van der Waals surface area contributed by atoms with Gasteiger partial charge in [-0.1, -0.05) is 63.7 Å². The minimum absolute atomic E-state index is 0.0223. The topological polar surface area (TPSA) is 267 Å². The Morgan fingerprint density at radius 1 is 0.348 bits per heavy atom. The fourth-order valence-electron chi connectivity index (χ4n) is 7.36. The van der Waals surface area contributed by atoms with Crippen LogP contribution in [0.4, 0.5) is 0 Å². The summed E-state index contributed by atoms with van der Waals surface area (Å²) < 4.78 is 156. The van der Waals surface area contributed by atoms with Gasteiger partial charge in [0.1, 0.15) is 11.9 Å². The van der Waals surface area contributed by atoms with E-state index in [0.717, 1.165) is 12.2 Å². The Labute approximate surface area is 533 Å². The third kappa shape index (κ3) is 70.0. The molecule has 0 fully saturated rings. The molecule has 1 aromatic rings. The Kier molecular flexibility index (Phi) is 68.3. The zero-order chi connectivity index (χ0) is 63.8. The van der Waals surface area contributed by atoms with E-state index in [1.165, 1.54) is 50.5 Å². The summed E-state index contributed by atoms with van der Waals surface area (Å²) in [4.78, 5) is 0. The van der Waals surface area contributed by atoms with Gasteiger partial charge >= 0.3 is 10.4 Å². The molecule has 27 heteroatoms. The first-order valence-electron chi connectivity index (χ1n) is 32.1. The van der Waals surface area contributed by atoms with Crippen molar-refractivity contribution in [3.8, 4) is 5.75 Å². The molecule has 1 unspecified atom stereocenters. The van der Waals surface area contributed by atoms with Crippen molar-refractivity contribution in [2.75, 3.05) is 284 Å². The third-order valence-corrected chi connectivity index (χ3v) is 12.4. The lowest BCUT2D eigenvalue weighted by Gasteiger charge is -2.19. The van der Waals surface area contributed by atoms with Gasteiger partial charge in [0.25, 0.3) is 0 Å². The maximum atomic E-state index is 10.4. The van der Waals surface area contributed by atoms with E-state index >= 15 is 0 Å². The highest BCUT2D eigenvalue weighted by molar-refractivity contribution is 7.80. The van der Waals surface area contributed by atoms with Crippen LogP contribution in [0.15, 0.2) is 36.9 Å². The molecule has 0 saturated carbocycles. The molecule has 0 heterocycles. The Bertz CT molecular complexity index is 1640. The van der Waals surface area contributed by atoms with Gasteiger partial charge in [-0.2, -0.15) is 8.42 Å². The molecule has 0 aromatic heterocycles. The second-order valence-corrected chi connectivity index (χ2v) is 20.5. The van der Waals surface area contributed by atoms with Crippen LogP contribution < -0.4 is 4.74 Å². The molecule has 0 aliphatic carbocycles. The first-order valence-corrected chi connectivity index (χ1v) is 33.4. The van der Waals surface area contributed by atoms with Crippen molar-refractivity contribution in [1.82, 2.24) is 0 Å². The maximum absolute atomic E-state index is 10.4. The highest BCUT2D eigenvalue weighted by atomic mass is 32.3. The lowest BCUT2D eigenvalue weighted by atomic mass is 10.0. The molecule has 0 aliphatic rings. The summed E-state index contributed by atoms with van der Waals surface area (Å²) in [5.74, 6) is 0.845. The van der Waals surface area contributed by atoms with Crippen LogP contribution in [0, 0.1) is 0 Å². The quantitative estimate of drug-likeness (QED) is 0.0481. The summed E-state index contributed by atoms with van der Waals surface area (Å²) in [5, 5.41) is 0. The van der Waals surface area contributed by atoms with Gasteiger partial charge in [0, 0.05) is 6.42 Å². The van der Waals surface area contributed by atoms with Crippen molar-refractivity contribution in [3.63, 3.8) is 0 Å². The number of rotatable bonds is 78. The average molecular weight is 1310 g/mol. The average Bonchev–Trinajstić information content (AvgIpc) is 3.55. The third-order valence-electron chi connectivity index (χ3n) is 11.9. The van der Waals surface area contributed by atoms with Crippen LogP contribution >= 0.6 is 0 Å². The van der Waals surface area contributed by atoms with Crippen LogP contribution in [0.25, 0.3) is 0 Å². The summed E-state index contributed by atoms with van der Waals surface area (Å²) in [7, 11) is -4.44. The first kappa shape index (κ1) is 84.8. The number of hydrogen-bond donors (Lipinski definition) is 1. The SMILES string of the molecule is C=CCOCCC(COCCOCCOCCOCCOCCOCCOCCOCCOCCOCCOCCOCCOCCOCCOCCOCCOCCOCCOCCOCCOS(=O)(=O)O)Oc1ccc(CCCCCCCCC)cc1. The Hall–Kier alpha value is -2.21. The molecule has 0 saturated heterocycles. The zero-order valence-electron chi connectivity index (χ0n) is 54.0. The number of aryl methyl sites for hydroxylation is 1. The van der Waals surface area contributed by atoms with Gasteiger partial charge in [0.05, 0.1) is 284 Å². The first-order chi connectivity index (χ1) is 43.9. The summed E-state index contributed by atoms with van der Waals surface area (Å²) in [6.07, 6.45) is 12.6. The van der Waals surface area contributed by atoms with E-state index < -0.39 is 10.4 Å². The smallest absolute Gasteiger partial charge is 0.397 e. The Morgan fingerprint density at radius 3 is 0.876 bits per heavy atom. The predicted molar refractivity (Wildman–Crippen MR) is 332 cm³/mol. The van der Waals surface area contributed by atoms with Crippen LogP contribution in [0.3, 0.4) is 0 Å². The number of hydrogen-bond acceptors (Lipinski definition) is 25. The van der Waals surface area contributed by atoms with Crippen LogP contribution in [-0.2, 0) is 120 Å². The van der Waals surface area contributed by atoms with Crippen LogP contribution in [0.5, 0.6) is 5.75 Å². The largest absolute Gasteiger partial charge is 0.488 e. The molecule has 1 aromatic carbocycles. The lowest BCUT2D eigenvalue weighted by Crippen LogP contribution is -2.26. The van der Waals surface area contributed by atoms with Crippen molar-refractivity contribution >= 4 is 10.4 Å². The number of unbranched alkanes of at least 4 members (excludes halogenated alkanes) is 6. The van der Waals surface area contributed by atoms with Gasteiger partial charge in [-0.05, 0) is 30.5 Å². The normalized spacial score (nSPS) is 12.2. The Morgan fingerprint density at radius 2 is 0.607 bits per heavy atom. The molecule has 0 aliphatic heterocycles. The fourth-order valence-corrected chi connectivity index (χ4v) is 7.64. The van der Waals surface area contributed by atoms with Crippen molar-refractivity contribution in [2.24, 2.45) is 0 Å². The van der Waals surface area contributed by atoms with Crippen molar-refractivity contribution < 1.29 is 121 Å². The van der Waals surface area contributed by atoms with Gasteiger partial charge < -0.3 is 104 Å². The summed E-state index contributed by atoms with van der Waals surface area (Å²) >= 11 is 0. The monoisotopic (exact) mass is 1310 g/mol. The molecule has 526 valence electrons. The van der Waals surface area contributed by atoms with E-state index in [0.29, 0.717) is 271 Å². The fraction of sp³-hybridized carbons (Fsp3) is 0.871. The minimum atomic E-state index is -4.44. The van der Waals surface area contributed by atoms with E-state index in [-0.39, 0.29) is 25.9 Å². The second-order valence-electron chi connectivity index (χ2n) is 19.4. The van der Waals surface area contributed by atoms with E-state index in [1.807, 2.05) is 0 Å². The van der Waals surface area contributed by atoms with Crippen LogP contribution in [0.2, 0.25) is 0 Å². The van der Waals surface area contributed by atoms with E-state index in [1.54, 1.807) is 6.08 Å². The highest BCUT2D eigenvalue weighted by Crippen LogP contribution is 2.18. The molecular weight excluding hydrogens is 1190 g/mol. The lowest BCUT2D eigenvalue weighted by molar-refractivity contribution is -0.0319. The van der Waals surface area contributed by atoms with E-state index in [9.17, 15) is 8.42 Å². The summed E-state index contributed by atoms with van der Waals surface area (Å²) in [6, 6.07) is 8.47. The molecular formula is C62H116O26S. The number of benzene rings is 1. The summed E-state index contributed by atoms with van der Waals surface area (Å²) in [5.41, 5.74) is 1.35. The predicted octanol–water partition coefficient (Wildman–Crippen LogP) is 5.47. The maximum Gasteiger partial charge on any atom is 0.397 e. The van der Waals surface area contributed by atoms with Gasteiger partial charge in [0.2, 0.25) is 0 Å². The molecule has 89 heavy (non-hydrogen) atoms. The second kappa shape index (κ2) is 71.6. The highest BCUT2D eigenvalue weighted by Gasteiger charge is 2.12. The van der Waals surface area contributed by atoms with E-state index in [4.69, 9.17) is 109 Å². The molecule has 0 radical (unpaired) electrons. The molecule has 1 atom stereocenters. The van der Waals surface area contributed by atoms with E-state index in [2.05, 4.69) is 42.0 Å². The molecule has 26 nitrogen and oxygen atoms in total. The summed E-state index contributed by atoms with van der Waals surface area (Å²) in [6.45, 7) is 24.7. The number of ether oxygens (including phenoxy) is 22. The minimum Gasteiger partial charge on any atom is -0.488 e. The van der Waals surface area contributed by atoms with Crippen molar-refractivity contribution in [1.29, 1.82) is 0 Å². The van der Waals surface area contributed by atoms with Crippen LogP contribution in [-0.4, -0.2) is 303 Å². The van der Waals surface area contributed by atoms with Gasteiger partial charge in [-0.3, -0.25) is 4.55 Å². The van der Waals surface area contributed by atoms with Crippen LogP contribution in [0.1, 0.15) is 63.9 Å².